The molecule has 0 aliphatic carbocycles. The first-order chi connectivity index (χ1) is 9.49. The van der Waals surface area contributed by atoms with Crippen LogP contribution < -0.4 is 5.32 Å². The second kappa shape index (κ2) is 5.43. The number of pyridine rings is 1. The van der Waals surface area contributed by atoms with E-state index in [2.05, 4.69) is 20.3 Å². The lowest BCUT2D eigenvalue weighted by molar-refractivity contribution is 0.0691. The topological polar surface area (TPSA) is 105 Å². The lowest BCUT2D eigenvalue weighted by atomic mass is 10.1. The van der Waals surface area contributed by atoms with E-state index in [1.165, 1.54) is 12.4 Å². The predicted molar refractivity (Wildman–Crippen MR) is 70.7 cm³/mol. The van der Waals surface area contributed by atoms with Gasteiger partial charge in [-0.25, -0.2) is 14.8 Å². The van der Waals surface area contributed by atoms with Crippen molar-refractivity contribution in [2.75, 3.05) is 5.32 Å². The summed E-state index contributed by atoms with van der Waals surface area (Å²) >= 11 is 0. The van der Waals surface area contributed by atoms with E-state index in [-0.39, 0.29) is 11.5 Å². The number of carbonyl (C=O) groups is 2. The van der Waals surface area contributed by atoms with Crippen LogP contribution in [0.25, 0.3) is 0 Å². The average Bonchev–Trinajstić information content (AvgIpc) is 2.38. The molecule has 7 heteroatoms. The summed E-state index contributed by atoms with van der Waals surface area (Å²) in [7, 11) is 0. The Morgan fingerprint density at radius 1 is 1.15 bits per heavy atom. The fourth-order valence-electron chi connectivity index (χ4n) is 1.69. The molecule has 0 aliphatic rings. The molecule has 0 atom stereocenters. The zero-order valence-electron chi connectivity index (χ0n) is 10.9. The zero-order valence-corrected chi connectivity index (χ0v) is 10.9. The van der Waals surface area contributed by atoms with Crippen LogP contribution in [0.1, 0.15) is 32.2 Å². The van der Waals surface area contributed by atoms with Crippen molar-refractivity contribution in [2.45, 2.75) is 13.8 Å². The van der Waals surface area contributed by atoms with Gasteiger partial charge in [-0.2, -0.15) is 0 Å². The van der Waals surface area contributed by atoms with Crippen molar-refractivity contribution >= 4 is 17.7 Å². The number of aromatic nitrogens is 3. The van der Waals surface area contributed by atoms with E-state index in [9.17, 15) is 9.59 Å². The number of carbonyl (C=O) groups excluding carboxylic acids is 1. The molecule has 0 bridgehead atoms. The van der Waals surface area contributed by atoms with Crippen molar-refractivity contribution in [3.63, 3.8) is 0 Å². The van der Waals surface area contributed by atoms with Gasteiger partial charge >= 0.3 is 5.97 Å². The molecule has 2 aromatic rings. The SMILES string of the molecule is Cc1ccc(C(=O)Nc2nccnc2C(=O)O)c(C)n1. The summed E-state index contributed by atoms with van der Waals surface area (Å²) in [6.07, 6.45) is 2.56. The Labute approximate surface area is 114 Å². The summed E-state index contributed by atoms with van der Waals surface area (Å²) in [5.74, 6) is -1.82. The van der Waals surface area contributed by atoms with E-state index < -0.39 is 11.9 Å². The highest BCUT2D eigenvalue weighted by atomic mass is 16.4. The molecule has 0 unspecified atom stereocenters. The van der Waals surface area contributed by atoms with Crippen molar-refractivity contribution in [1.82, 2.24) is 15.0 Å². The van der Waals surface area contributed by atoms with Gasteiger partial charge in [0.2, 0.25) is 0 Å². The molecule has 2 N–H and O–H groups in total. The van der Waals surface area contributed by atoms with Gasteiger partial charge in [0.15, 0.2) is 11.5 Å². The molecule has 0 aromatic carbocycles. The predicted octanol–water partition coefficient (Wildman–Crippen LogP) is 1.44. The third kappa shape index (κ3) is 2.77. The minimum absolute atomic E-state index is 0.0926. The maximum absolute atomic E-state index is 12.1. The molecule has 0 aliphatic heterocycles. The molecule has 0 radical (unpaired) electrons. The Morgan fingerprint density at radius 3 is 2.50 bits per heavy atom. The Balaban J connectivity index is 2.30. The van der Waals surface area contributed by atoms with Crippen LogP contribution in [-0.4, -0.2) is 31.9 Å². The molecule has 0 saturated heterocycles. The third-order valence-corrected chi connectivity index (χ3v) is 2.60. The van der Waals surface area contributed by atoms with Crippen LogP contribution in [0.3, 0.4) is 0 Å². The molecule has 2 rings (SSSR count). The number of nitrogens with zero attached hydrogens (tertiary/aromatic N) is 3. The minimum Gasteiger partial charge on any atom is -0.476 e. The van der Waals surface area contributed by atoms with Crippen molar-refractivity contribution in [2.24, 2.45) is 0 Å². The van der Waals surface area contributed by atoms with Crippen LogP contribution in [0.4, 0.5) is 5.82 Å². The molecule has 1 amide bonds. The summed E-state index contributed by atoms with van der Waals surface area (Å²) in [5.41, 5.74) is 1.41. The number of aryl methyl sites for hydroxylation is 2. The van der Waals surface area contributed by atoms with Crippen molar-refractivity contribution < 1.29 is 14.7 Å². The van der Waals surface area contributed by atoms with Gasteiger partial charge in [-0.3, -0.25) is 9.78 Å². The number of hydrogen-bond acceptors (Lipinski definition) is 5. The maximum Gasteiger partial charge on any atom is 0.358 e. The highest BCUT2D eigenvalue weighted by Crippen LogP contribution is 2.12. The van der Waals surface area contributed by atoms with Crippen LogP contribution in [0, 0.1) is 13.8 Å². The van der Waals surface area contributed by atoms with Gasteiger partial charge in [-0.05, 0) is 26.0 Å². The van der Waals surface area contributed by atoms with Gasteiger partial charge in [0.1, 0.15) is 0 Å². The highest BCUT2D eigenvalue weighted by Gasteiger charge is 2.17. The van der Waals surface area contributed by atoms with E-state index in [4.69, 9.17) is 5.11 Å². The number of hydrogen-bond donors (Lipinski definition) is 2. The quantitative estimate of drug-likeness (QED) is 0.875. The molecular formula is C13H12N4O3. The maximum atomic E-state index is 12.1. The van der Waals surface area contributed by atoms with Crippen LogP contribution in [0.2, 0.25) is 0 Å². The molecule has 0 saturated carbocycles. The van der Waals surface area contributed by atoms with E-state index in [0.29, 0.717) is 11.3 Å². The molecule has 0 fully saturated rings. The zero-order chi connectivity index (χ0) is 14.7. The van der Waals surface area contributed by atoms with Crippen LogP contribution >= 0.6 is 0 Å². The van der Waals surface area contributed by atoms with E-state index >= 15 is 0 Å². The first kappa shape index (κ1) is 13.6. The fraction of sp³-hybridized carbons (Fsp3) is 0.154. The summed E-state index contributed by atoms with van der Waals surface area (Å²) in [6.45, 7) is 3.52. The average molecular weight is 272 g/mol. The van der Waals surface area contributed by atoms with E-state index in [1.54, 1.807) is 19.1 Å². The van der Waals surface area contributed by atoms with Crippen molar-refractivity contribution in [3.05, 3.63) is 47.2 Å². The second-order valence-electron chi connectivity index (χ2n) is 4.10. The molecule has 7 nitrogen and oxygen atoms in total. The van der Waals surface area contributed by atoms with Gasteiger partial charge < -0.3 is 10.4 Å². The number of nitrogens with one attached hydrogen (secondary N) is 1. The van der Waals surface area contributed by atoms with Crippen LogP contribution in [0.5, 0.6) is 0 Å². The number of rotatable bonds is 3. The largest absolute Gasteiger partial charge is 0.476 e. The number of carboxylic acid groups (broad SMARTS) is 1. The Kier molecular flexibility index (Phi) is 3.69. The molecule has 2 aromatic heterocycles. The monoisotopic (exact) mass is 272 g/mol. The number of carboxylic acids is 1. The normalized spacial score (nSPS) is 10.1. The second-order valence-corrected chi connectivity index (χ2v) is 4.10. The number of aromatic carboxylic acids is 1. The third-order valence-electron chi connectivity index (χ3n) is 2.60. The van der Waals surface area contributed by atoms with Gasteiger partial charge in [0.25, 0.3) is 5.91 Å². The molecular weight excluding hydrogens is 260 g/mol. The minimum atomic E-state index is -1.26. The van der Waals surface area contributed by atoms with Crippen molar-refractivity contribution in [3.8, 4) is 0 Å². The summed E-state index contributed by atoms with van der Waals surface area (Å²) in [4.78, 5) is 34.8. The number of anilines is 1. The molecule has 0 spiro atoms. The van der Waals surface area contributed by atoms with Crippen LogP contribution in [-0.2, 0) is 0 Å². The first-order valence-electron chi connectivity index (χ1n) is 5.79. The Morgan fingerprint density at radius 2 is 1.85 bits per heavy atom. The van der Waals surface area contributed by atoms with E-state index in [1.807, 2.05) is 6.92 Å². The van der Waals surface area contributed by atoms with Crippen molar-refractivity contribution in [1.29, 1.82) is 0 Å². The standard InChI is InChI=1S/C13H12N4O3/c1-7-3-4-9(8(2)16-7)12(18)17-11-10(13(19)20)14-5-6-15-11/h3-6H,1-2H3,(H,19,20)(H,15,17,18). The Bertz CT molecular complexity index is 685. The van der Waals surface area contributed by atoms with Gasteiger partial charge in [0.05, 0.1) is 11.3 Å². The molecule has 20 heavy (non-hydrogen) atoms. The Hall–Kier alpha value is -2.83. The summed E-state index contributed by atoms with van der Waals surface area (Å²) in [5, 5.41) is 11.4. The van der Waals surface area contributed by atoms with E-state index in [0.717, 1.165) is 5.69 Å². The molecule has 102 valence electrons. The number of amides is 1. The first-order valence-corrected chi connectivity index (χ1v) is 5.79. The van der Waals surface area contributed by atoms with Crippen LogP contribution in [0.15, 0.2) is 24.5 Å². The summed E-state index contributed by atoms with van der Waals surface area (Å²) in [6, 6.07) is 3.33. The van der Waals surface area contributed by atoms with Gasteiger partial charge in [-0.15, -0.1) is 0 Å². The summed E-state index contributed by atoms with van der Waals surface area (Å²) < 4.78 is 0. The lowest BCUT2D eigenvalue weighted by Crippen LogP contribution is -2.18. The van der Waals surface area contributed by atoms with Gasteiger partial charge in [-0.1, -0.05) is 0 Å². The molecule has 2 heterocycles. The highest BCUT2D eigenvalue weighted by molar-refractivity contribution is 6.06. The van der Waals surface area contributed by atoms with Gasteiger partial charge in [0, 0.05) is 18.1 Å². The fourth-order valence-corrected chi connectivity index (χ4v) is 1.69. The lowest BCUT2D eigenvalue weighted by Gasteiger charge is -2.08. The smallest absolute Gasteiger partial charge is 0.358 e.